The first-order valence-corrected chi connectivity index (χ1v) is 14.3. The molecule has 0 spiro atoms. The maximum atomic E-state index is 13.7. The van der Waals surface area contributed by atoms with Gasteiger partial charge in [0.25, 0.3) is 23.6 Å². The predicted molar refractivity (Wildman–Crippen MR) is 170 cm³/mol. The lowest BCUT2D eigenvalue weighted by atomic mass is 10.1. The molecule has 0 atom stereocenters. The van der Waals surface area contributed by atoms with E-state index in [0.717, 1.165) is 11.1 Å². The van der Waals surface area contributed by atoms with Crippen LogP contribution < -0.4 is 10.6 Å². The van der Waals surface area contributed by atoms with Crippen molar-refractivity contribution in [2.24, 2.45) is 0 Å². The molecule has 1 fully saturated rings. The number of carbonyl (C=O) groups excluding carboxylic acids is 4. The fourth-order valence-electron chi connectivity index (χ4n) is 4.76. The summed E-state index contributed by atoms with van der Waals surface area (Å²) in [5, 5.41) is 5.58. The van der Waals surface area contributed by atoms with E-state index in [-0.39, 0.29) is 61.2 Å². The van der Waals surface area contributed by atoms with Gasteiger partial charge in [-0.3, -0.25) is 19.2 Å². The number of rotatable bonds is 8. The standard InChI is InChI=1S/C36H32N4O4/c41-33(29-17-9-3-10-18-29)37-31(25-27-13-5-1-6-14-27)35(43)39-21-23-40(24-22-39)36(44)32(26-28-15-7-2-8-16-28)38-34(42)30-19-11-4-12-20-30/h1-20,25-26H,21-24H2,(H,37,41)(H,38,42)/b31-25-,32-26+. The van der Waals surface area contributed by atoms with Crippen molar-refractivity contribution in [3.63, 3.8) is 0 Å². The molecule has 0 aliphatic carbocycles. The average molecular weight is 585 g/mol. The van der Waals surface area contributed by atoms with Gasteiger partial charge in [0.15, 0.2) is 0 Å². The Morgan fingerprint density at radius 1 is 0.455 bits per heavy atom. The van der Waals surface area contributed by atoms with E-state index in [1.54, 1.807) is 70.5 Å². The van der Waals surface area contributed by atoms with Crippen LogP contribution in [0.3, 0.4) is 0 Å². The number of piperazine rings is 1. The second kappa shape index (κ2) is 14.4. The molecule has 1 aliphatic rings. The van der Waals surface area contributed by atoms with Gasteiger partial charge in [-0.25, -0.2) is 0 Å². The first-order chi connectivity index (χ1) is 21.5. The lowest BCUT2D eigenvalue weighted by Crippen LogP contribution is -2.53. The smallest absolute Gasteiger partial charge is 0.270 e. The Morgan fingerprint density at radius 3 is 1.07 bits per heavy atom. The molecule has 220 valence electrons. The van der Waals surface area contributed by atoms with Gasteiger partial charge in [0.2, 0.25) is 0 Å². The molecule has 0 unspecified atom stereocenters. The summed E-state index contributed by atoms with van der Waals surface area (Å²) in [6.07, 6.45) is 3.31. The quantitative estimate of drug-likeness (QED) is 0.296. The van der Waals surface area contributed by atoms with E-state index in [1.165, 1.54) is 0 Å². The molecular formula is C36H32N4O4. The summed E-state index contributed by atoms with van der Waals surface area (Å²) in [4.78, 5) is 56.6. The maximum Gasteiger partial charge on any atom is 0.270 e. The summed E-state index contributed by atoms with van der Waals surface area (Å²) in [7, 11) is 0. The molecule has 5 rings (SSSR count). The van der Waals surface area contributed by atoms with Crippen LogP contribution in [0.2, 0.25) is 0 Å². The van der Waals surface area contributed by atoms with Crippen molar-refractivity contribution in [3.05, 3.63) is 155 Å². The van der Waals surface area contributed by atoms with Gasteiger partial charge < -0.3 is 20.4 Å². The zero-order valence-electron chi connectivity index (χ0n) is 24.1. The summed E-state index contributed by atoms with van der Waals surface area (Å²) in [6, 6.07) is 36.0. The van der Waals surface area contributed by atoms with Crippen molar-refractivity contribution in [2.75, 3.05) is 26.2 Å². The van der Waals surface area contributed by atoms with E-state index in [0.29, 0.717) is 11.1 Å². The molecule has 1 heterocycles. The number of hydrogen-bond donors (Lipinski definition) is 2. The Bertz CT molecular complexity index is 1540. The van der Waals surface area contributed by atoms with Crippen LogP contribution in [0.1, 0.15) is 31.8 Å². The number of benzene rings is 4. The van der Waals surface area contributed by atoms with Crippen molar-refractivity contribution in [1.82, 2.24) is 20.4 Å². The van der Waals surface area contributed by atoms with Crippen molar-refractivity contribution in [1.29, 1.82) is 0 Å². The minimum Gasteiger partial charge on any atom is -0.334 e. The van der Waals surface area contributed by atoms with Gasteiger partial charge in [-0.15, -0.1) is 0 Å². The molecule has 0 saturated carbocycles. The summed E-state index contributed by atoms with van der Waals surface area (Å²) in [5.74, 6) is -1.47. The Hall–Kier alpha value is -5.76. The summed E-state index contributed by atoms with van der Waals surface area (Å²) < 4.78 is 0. The van der Waals surface area contributed by atoms with E-state index >= 15 is 0 Å². The highest BCUT2D eigenvalue weighted by Gasteiger charge is 2.29. The largest absolute Gasteiger partial charge is 0.334 e. The number of hydrogen-bond acceptors (Lipinski definition) is 4. The lowest BCUT2D eigenvalue weighted by molar-refractivity contribution is -0.135. The fourth-order valence-corrected chi connectivity index (χ4v) is 4.76. The number of nitrogens with one attached hydrogen (secondary N) is 2. The second-order valence-electron chi connectivity index (χ2n) is 10.2. The minimum absolute atomic E-state index is 0.143. The van der Waals surface area contributed by atoms with Gasteiger partial charge in [-0.2, -0.15) is 0 Å². The monoisotopic (exact) mass is 584 g/mol. The topological polar surface area (TPSA) is 98.8 Å². The van der Waals surface area contributed by atoms with Gasteiger partial charge in [-0.1, -0.05) is 97.1 Å². The first-order valence-electron chi connectivity index (χ1n) is 14.3. The summed E-state index contributed by atoms with van der Waals surface area (Å²) >= 11 is 0. The number of nitrogens with zero attached hydrogens (tertiary/aromatic N) is 2. The van der Waals surface area contributed by atoms with Crippen LogP contribution in [0.25, 0.3) is 12.2 Å². The zero-order valence-corrected chi connectivity index (χ0v) is 24.1. The molecule has 4 aromatic rings. The summed E-state index contributed by atoms with van der Waals surface area (Å²) in [5.41, 5.74) is 2.69. The molecule has 0 bridgehead atoms. The normalized spacial score (nSPS) is 13.6. The SMILES string of the molecule is O=C(N/C(=C\c1ccccc1)C(=O)N1CCN(C(=O)/C(=C\c2ccccc2)NC(=O)c2ccccc2)CC1)c1ccccc1. The van der Waals surface area contributed by atoms with Gasteiger partial charge >= 0.3 is 0 Å². The van der Waals surface area contributed by atoms with Gasteiger partial charge in [0.1, 0.15) is 11.4 Å². The van der Waals surface area contributed by atoms with Crippen LogP contribution in [0.5, 0.6) is 0 Å². The number of carbonyl (C=O) groups is 4. The second-order valence-corrected chi connectivity index (χ2v) is 10.2. The van der Waals surface area contributed by atoms with Crippen molar-refractivity contribution < 1.29 is 19.2 Å². The molecule has 1 aliphatic heterocycles. The molecule has 0 radical (unpaired) electrons. The van der Waals surface area contributed by atoms with E-state index < -0.39 is 0 Å². The molecule has 2 N–H and O–H groups in total. The van der Waals surface area contributed by atoms with Crippen LogP contribution in [0.4, 0.5) is 0 Å². The third-order valence-electron chi connectivity index (χ3n) is 7.10. The van der Waals surface area contributed by atoms with E-state index in [2.05, 4.69) is 10.6 Å². The van der Waals surface area contributed by atoms with Gasteiger partial charge in [0.05, 0.1) is 0 Å². The highest BCUT2D eigenvalue weighted by Crippen LogP contribution is 2.15. The minimum atomic E-state index is -0.389. The van der Waals surface area contributed by atoms with Crippen LogP contribution in [-0.4, -0.2) is 59.6 Å². The molecule has 4 amide bonds. The van der Waals surface area contributed by atoms with Crippen LogP contribution in [0.15, 0.2) is 133 Å². The molecular weight excluding hydrogens is 552 g/mol. The fraction of sp³-hybridized carbons (Fsp3) is 0.111. The molecule has 8 heteroatoms. The third-order valence-corrected chi connectivity index (χ3v) is 7.10. The highest BCUT2D eigenvalue weighted by atomic mass is 16.2. The Balaban J connectivity index is 1.31. The highest BCUT2D eigenvalue weighted by molar-refractivity contribution is 6.06. The molecule has 4 aromatic carbocycles. The van der Waals surface area contributed by atoms with E-state index in [1.807, 2.05) is 72.8 Å². The van der Waals surface area contributed by atoms with Crippen LogP contribution in [0, 0.1) is 0 Å². The molecule has 44 heavy (non-hydrogen) atoms. The Labute approximate surface area is 256 Å². The maximum absolute atomic E-state index is 13.7. The van der Waals surface area contributed by atoms with E-state index in [4.69, 9.17) is 0 Å². The van der Waals surface area contributed by atoms with Crippen molar-refractivity contribution >= 4 is 35.8 Å². The van der Waals surface area contributed by atoms with Crippen LogP contribution >= 0.6 is 0 Å². The lowest BCUT2D eigenvalue weighted by Gasteiger charge is -2.35. The third kappa shape index (κ3) is 7.74. The molecule has 1 saturated heterocycles. The zero-order chi connectivity index (χ0) is 30.7. The average Bonchev–Trinajstić information content (AvgIpc) is 3.08. The Kier molecular flexibility index (Phi) is 9.74. The first kappa shape index (κ1) is 29.7. The number of amides is 4. The molecule has 8 nitrogen and oxygen atoms in total. The van der Waals surface area contributed by atoms with Crippen molar-refractivity contribution in [2.45, 2.75) is 0 Å². The Morgan fingerprint density at radius 2 is 0.750 bits per heavy atom. The molecule has 0 aromatic heterocycles. The van der Waals surface area contributed by atoms with Gasteiger partial charge in [0, 0.05) is 37.3 Å². The summed E-state index contributed by atoms with van der Waals surface area (Å²) in [6.45, 7) is 1.01. The van der Waals surface area contributed by atoms with Gasteiger partial charge in [-0.05, 0) is 47.5 Å². The van der Waals surface area contributed by atoms with Crippen molar-refractivity contribution in [3.8, 4) is 0 Å². The van der Waals surface area contributed by atoms with E-state index in [9.17, 15) is 19.2 Å². The predicted octanol–water partition coefficient (Wildman–Crippen LogP) is 4.60. The van der Waals surface area contributed by atoms with Crippen LogP contribution in [-0.2, 0) is 9.59 Å².